The summed E-state index contributed by atoms with van der Waals surface area (Å²) in [5.41, 5.74) is 0. The molecule has 0 N–H and O–H groups in total. The molecule has 0 spiro atoms. The van der Waals surface area contributed by atoms with Crippen LogP contribution < -0.4 is 0 Å². The molecule has 1 unspecified atom stereocenters. The number of carbonyl (C=O) groups excluding carboxylic acids is 2. The van der Waals surface area contributed by atoms with Crippen molar-refractivity contribution in [3.8, 4) is 0 Å². The Balaban J connectivity index is 4.81. The van der Waals surface area contributed by atoms with Crippen molar-refractivity contribution in [3.05, 3.63) is 0 Å². The maximum absolute atomic E-state index is 12.6. The first-order valence-electron chi connectivity index (χ1n) is 4.18. The fourth-order valence-corrected chi connectivity index (χ4v) is 1.06. The third-order valence-corrected chi connectivity index (χ3v) is 2.32. The van der Waals surface area contributed by atoms with Crippen molar-refractivity contribution >= 4 is 23.3 Å². The number of rotatable bonds is 5. The predicted molar refractivity (Wildman–Crippen MR) is 48.9 cm³/mol. The molecule has 0 radical (unpaired) electrons. The van der Waals surface area contributed by atoms with Gasteiger partial charge < -0.3 is 4.90 Å². The monoisotopic (exact) mass is 263 g/mol. The molecule has 1 atom stereocenters. The molecule has 0 saturated carbocycles. The lowest BCUT2D eigenvalue weighted by molar-refractivity contribution is -0.181. The minimum absolute atomic E-state index is 0.261. The zero-order valence-corrected chi connectivity index (χ0v) is 9.27. The van der Waals surface area contributed by atoms with Gasteiger partial charge in [-0.25, -0.2) is 8.78 Å². The van der Waals surface area contributed by atoms with Crippen molar-refractivity contribution < 1.29 is 27.2 Å². The molecule has 0 aromatic heterocycles. The molecule has 1 amide bonds. The van der Waals surface area contributed by atoms with Crippen LogP contribution in [0.1, 0.15) is 6.92 Å². The van der Waals surface area contributed by atoms with Gasteiger partial charge in [0.15, 0.2) is 5.78 Å². The molecule has 0 saturated heterocycles. The maximum Gasteiger partial charge on any atom is 0.383 e. The fraction of sp³-hybridized carbons (Fsp3) is 0.750. The van der Waals surface area contributed by atoms with Crippen molar-refractivity contribution in [3.63, 3.8) is 0 Å². The number of halogens is 5. The summed E-state index contributed by atoms with van der Waals surface area (Å²) in [6.07, 6.45) is -4.11. The lowest BCUT2D eigenvalue weighted by atomic mass is 10.2. The molecule has 0 fully saturated rings. The normalized spacial score (nSPS) is 13.8. The van der Waals surface area contributed by atoms with E-state index in [4.69, 9.17) is 11.6 Å². The van der Waals surface area contributed by atoms with Gasteiger partial charge in [0.1, 0.15) is 0 Å². The van der Waals surface area contributed by atoms with Gasteiger partial charge in [-0.15, -0.1) is 11.6 Å². The average molecular weight is 264 g/mol. The van der Waals surface area contributed by atoms with Gasteiger partial charge >= 0.3 is 12.3 Å². The van der Waals surface area contributed by atoms with Crippen molar-refractivity contribution in [1.82, 2.24) is 4.90 Å². The summed E-state index contributed by atoms with van der Waals surface area (Å²) in [6, 6.07) is -1.27. The van der Waals surface area contributed by atoms with Crippen molar-refractivity contribution in [2.24, 2.45) is 0 Å². The Bertz CT molecular complexity index is 285. The summed E-state index contributed by atoms with van der Waals surface area (Å²) in [7, 11) is 0.841. The van der Waals surface area contributed by atoms with Gasteiger partial charge in [-0.1, -0.05) is 0 Å². The number of hydrogen-bond donors (Lipinski definition) is 0. The van der Waals surface area contributed by atoms with E-state index >= 15 is 0 Å². The molecule has 0 aromatic carbocycles. The largest absolute Gasteiger partial charge is 0.383 e. The summed E-state index contributed by atoms with van der Waals surface area (Å²) in [4.78, 5) is 22.2. The predicted octanol–water partition coefficient (Wildman–Crippen LogP) is 1.54. The van der Waals surface area contributed by atoms with E-state index in [0.717, 1.165) is 14.0 Å². The molecule has 0 aliphatic rings. The number of hydrogen-bond acceptors (Lipinski definition) is 2. The van der Waals surface area contributed by atoms with E-state index in [0.29, 0.717) is 0 Å². The minimum Gasteiger partial charge on any atom is -0.331 e. The lowest BCUT2D eigenvalue weighted by Gasteiger charge is -2.26. The summed E-state index contributed by atoms with van der Waals surface area (Å²) >= 11 is 5.15. The SMILES string of the molecule is CC(C(=O)CCl)N(C)C(=O)C(F)(F)C(F)F. The Morgan fingerprint density at radius 3 is 2.12 bits per heavy atom. The first-order chi connectivity index (χ1) is 7.16. The van der Waals surface area contributed by atoms with Crippen molar-refractivity contribution in [1.29, 1.82) is 0 Å². The molecule has 0 rings (SSSR count). The van der Waals surface area contributed by atoms with Gasteiger partial charge in [0.05, 0.1) is 11.9 Å². The summed E-state index contributed by atoms with van der Waals surface area (Å²) in [5, 5.41) is 0. The lowest BCUT2D eigenvalue weighted by Crippen LogP contribution is -2.51. The Morgan fingerprint density at radius 1 is 1.38 bits per heavy atom. The highest BCUT2D eigenvalue weighted by atomic mass is 35.5. The number of alkyl halides is 5. The van der Waals surface area contributed by atoms with Crippen LogP contribution in [-0.4, -0.2) is 47.9 Å². The molecule has 0 aliphatic heterocycles. The van der Waals surface area contributed by atoms with Crippen LogP contribution in [0.4, 0.5) is 17.6 Å². The summed E-state index contributed by atoms with van der Waals surface area (Å²) < 4.78 is 49.0. The van der Waals surface area contributed by atoms with E-state index in [2.05, 4.69) is 0 Å². The van der Waals surface area contributed by atoms with Gasteiger partial charge in [0.2, 0.25) is 0 Å². The van der Waals surface area contributed by atoms with Gasteiger partial charge in [-0.2, -0.15) is 8.78 Å². The topological polar surface area (TPSA) is 37.4 Å². The Labute approximate surface area is 94.3 Å². The maximum atomic E-state index is 12.6. The third-order valence-electron chi connectivity index (χ3n) is 2.06. The second-order valence-electron chi connectivity index (χ2n) is 3.12. The first kappa shape index (κ1) is 15.2. The molecular formula is C8H10ClF4NO2. The van der Waals surface area contributed by atoms with Crippen LogP contribution in [0.25, 0.3) is 0 Å². The zero-order valence-electron chi connectivity index (χ0n) is 8.52. The number of Topliss-reactive ketones (excluding diaryl/α,β-unsaturated/α-hetero) is 1. The van der Waals surface area contributed by atoms with Crippen molar-refractivity contribution in [2.45, 2.75) is 25.3 Å². The van der Waals surface area contributed by atoms with Gasteiger partial charge in [-0.3, -0.25) is 9.59 Å². The van der Waals surface area contributed by atoms with Crippen LogP contribution in [0, 0.1) is 0 Å². The van der Waals surface area contributed by atoms with E-state index in [1.807, 2.05) is 0 Å². The molecule has 0 aromatic rings. The van der Waals surface area contributed by atoms with Crippen LogP contribution in [0.5, 0.6) is 0 Å². The van der Waals surface area contributed by atoms with Gasteiger partial charge in [-0.05, 0) is 6.92 Å². The Morgan fingerprint density at radius 2 is 1.81 bits per heavy atom. The van der Waals surface area contributed by atoms with Crippen LogP contribution in [-0.2, 0) is 9.59 Å². The highest BCUT2D eigenvalue weighted by molar-refractivity contribution is 6.28. The zero-order chi connectivity index (χ0) is 13.1. The quantitative estimate of drug-likeness (QED) is 0.557. The molecule has 94 valence electrons. The minimum atomic E-state index is -4.80. The molecule has 16 heavy (non-hydrogen) atoms. The van der Waals surface area contributed by atoms with Crippen LogP contribution in [0.2, 0.25) is 0 Å². The number of carbonyl (C=O) groups is 2. The number of ketones is 1. The number of likely N-dealkylation sites (N-methyl/N-ethyl adjacent to an activating group) is 1. The smallest absolute Gasteiger partial charge is 0.331 e. The van der Waals surface area contributed by atoms with E-state index in [9.17, 15) is 27.2 Å². The standard InChI is InChI=1S/C8H10ClF4NO2/c1-4(5(15)3-9)14(2)7(16)8(12,13)6(10)11/h4,6H,3H2,1-2H3. The molecule has 3 nitrogen and oxygen atoms in total. The molecule has 0 aliphatic carbocycles. The average Bonchev–Trinajstić information content (AvgIpc) is 2.24. The second-order valence-corrected chi connectivity index (χ2v) is 3.38. The third kappa shape index (κ3) is 3.07. The molecule has 0 heterocycles. The van der Waals surface area contributed by atoms with E-state index in [1.54, 1.807) is 0 Å². The van der Waals surface area contributed by atoms with E-state index in [1.165, 1.54) is 0 Å². The van der Waals surface area contributed by atoms with Crippen molar-refractivity contribution in [2.75, 3.05) is 12.9 Å². The highest BCUT2D eigenvalue weighted by Crippen LogP contribution is 2.25. The van der Waals surface area contributed by atoms with E-state index < -0.39 is 36.0 Å². The molecular weight excluding hydrogens is 254 g/mol. The fourth-order valence-electron chi connectivity index (χ4n) is 0.832. The van der Waals surface area contributed by atoms with Crippen LogP contribution in [0.15, 0.2) is 0 Å². The summed E-state index contributed by atoms with van der Waals surface area (Å²) in [6.45, 7) is 1.13. The van der Waals surface area contributed by atoms with Gasteiger partial charge in [0.25, 0.3) is 5.91 Å². The van der Waals surface area contributed by atoms with Gasteiger partial charge in [0, 0.05) is 7.05 Å². The molecule has 0 bridgehead atoms. The van der Waals surface area contributed by atoms with Crippen LogP contribution in [0.3, 0.4) is 0 Å². The first-order valence-corrected chi connectivity index (χ1v) is 4.71. The second kappa shape index (κ2) is 5.47. The highest BCUT2D eigenvalue weighted by Gasteiger charge is 2.51. The summed E-state index contributed by atoms with van der Waals surface area (Å²) in [5.74, 6) is -8.09. The Hall–Kier alpha value is -0.850. The van der Waals surface area contributed by atoms with Crippen LogP contribution >= 0.6 is 11.6 Å². The Kier molecular flexibility index (Phi) is 5.18. The number of amides is 1. The molecule has 8 heteroatoms. The number of nitrogens with zero attached hydrogens (tertiary/aromatic N) is 1. The van der Waals surface area contributed by atoms with E-state index in [-0.39, 0.29) is 4.90 Å².